The summed E-state index contributed by atoms with van der Waals surface area (Å²) < 4.78 is 56.0. The number of thioether (sulfide) groups is 2. The number of aryl methyl sites for hydroxylation is 1. The van der Waals surface area contributed by atoms with Crippen LogP contribution in [0.3, 0.4) is 0 Å². The second-order valence-corrected chi connectivity index (χ2v) is 8.42. The van der Waals surface area contributed by atoms with Crippen LogP contribution < -0.4 is 10.3 Å². The lowest BCUT2D eigenvalue weighted by Crippen LogP contribution is -2.24. The summed E-state index contributed by atoms with van der Waals surface area (Å²) >= 11 is 2.67. The first kappa shape index (κ1) is 20.8. The van der Waals surface area contributed by atoms with Gasteiger partial charge in [0.25, 0.3) is 5.56 Å². The minimum atomic E-state index is -4.80. The molecule has 0 radical (unpaired) electrons. The molecule has 0 fully saturated rings. The molecule has 2 heterocycles. The van der Waals surface area contributed by atoms with Gasteiger partial charge in [-0.2, -0.15) is 0 Å². The highest BCUT2D eigenvalue weighted by Crippen LogP contribution is 2.32. The quantitative estimate of drug-likeness (QED) is 0.301. The van der Waals surface area contributed by atoms with E-state index in [0.29, 0.717) is 33.6 Å². The molecule has 1 aliphatic heterocycles. The molecule has 3 aromatic rings. The summed E-state index contributed by atoms with van der Waals surface area (Å²) in [5.41, 5.74) is 1.54. The van der Waals surface area contributed by atoms with E-state index in [9.17, 15) is 22.4 Å². The Morgan fingerprint density at radius 2 is 1.93 bits per heavy atom. The Hall–Kier alpha value is -2.46. The number of halogens is 4. The molecule has 0 bridgehead atoms. The van der Waals surface area contributed by atoms with E-state index in [2.05, 4.69) is 9.72 Å². The van der Waals surface area contributed by atoms with Crippen LogP contribution in [0.5, 0.6) is 5.75 Å². The number of fused-ring (bicyclic) bond motifs is 1. The van der Waals surface area contributed by atoms with E-state index < -0.39 is 6.36 Å². The van der Waals surface area contributed by atoms with Crippen molar-refractivity contribution >= 4 is 23.5 Å². The minimum Gasteiger partial charge on any atom is -0.406 e. The van der Waals surface area contributed by atoms with Gasteiger partial charge < -0.3 is 4.74 Å². The van der Waals surface area contributed by atoms with Crippen LogP contribution in [0, 0.1) is 5.82 Å². The molecule has 0 amide bonds. The van der Waals surface area contributed by atoms with Gasteiger partial charge in [-0.15, -0.1) is 24.9 Å². The first-order chi connectivity index (χ1) is 14.3. The van der Waals surface area contributed by atoms with Crippen LogP contribution in [0.2, 0.25) is 0 Å². The normalized spacial score (nSPS) is 13.3. The summed E-state index contributed by atoms with van der Waals surface area (Å²) in [6.07, 6.45) is -4.13. The van der Waals surface area contributed by atoms with Crippen molar-refractivity contribution in [2.45, 2.75) is 28.6 Å². The van der Waals surface area contributed by atoms with Crippen molar-refractivity contribution in [2.75, 3.05) is 5.75 Å². The maximum atomic E-state index is 13.5. The highest BCUT2D eigenvalue weighted by atomic mass is 32.2. The average molecular weight is 454 g/mol. The molecule has 1 aromatic heterocycles. The molecular weight excluding hydrogens is 440 g/mol. The van der Waals surface area contributed by atoms with Crippen LogP contribution >= 0.6 is 23.5 Å². The highest BCUT2D eigenvalue weighted by molar-refractivity contribution is 7.99. The van der Waals surface area contributed by atoms with Gasteiger partial charge in [-0.1, -0.05) is 23.9 Å². The van der Waals surface area contributed by atoms with Gasteiger partial charge in [-0.3, -0.25) is 9.36 Å². The lowest BCUT2D eigenvalue weighted by Gasteiger charge is -2.15. The number of nitrogens with zero attached hydrogens (tertiary/aromatic N) is 2. The largest absolute Gasteiger partial charge is 0.573 e. The number of hydrogen-bond donors (Lipinski definition) is 0. The van der Waals surface area contributed by atoms with Crippen LogP contribution in [0.1, 0.15) is 11.3 Å². The molecule has 0 spiro atoms. The number of hydrogen-bond acceptors (Lipinski definition) is 5. The lowest BCUT2D eigenvalue weighted by atomic mass is 10.2. The Morgan fingerprint density at radius 1 is 1.17 bits per heavy atom. The molecule has 0 N–H and O–H groups in total. The molecule has 156 valence electrons. The van der Waals surface area contributed by atoms with Crippen LogP contribution in [-0.2, 0) is 12.2 Å². The number of benzene rings is 2. The first-order valence-electron chi connectivity index (χ1n) is 8.82. The average Bonchev–Trinajstić information content (AvgIpc) is 3.15. The van der Waals surface area contributed by atoms with Gasteiger partial charge in [0.1, 0.15) is 11.6 Å². The SMILES string of the molecule is O=c1c2c(nc(SCc3cccc(F)c3)n1-c1ccc(OC(F)(F)F)cc1)CCS2. The fourth-order valence-corrected chi connectivity index (χ4v) is 4.98. The van der Waals surface area contributed by atoms with E-state index in [4.69, 9.17) is 0 Å². The molecule has 4 rings (SSSR count). The van der Waals surface area contributed by atoms with E-state index in [0.717, 1.165) is 23.4 Å². The molecule has 10 heteroatoms. The zero-order valence-electron chi connectivity index (χ0n) is 15.3. The van der Waals surface area contributed by atoms with E-state index in [-0.39, 0.29) is 17.1 Å². The van der Waals surface area contributed by atoms with E-state index in [1.165, 1.54) is 52.4 Å². The van der Waals surface area contributed by atoms with Crippen LogP contribution in [0.25, 0.3) is 5.69 Å². The third kappa shape index (κ3) is 4.65. The highest BCUT2D eigenvalue weighted by Gasteiger charge is 2.31. The van der Waals surface area contributed by atoms with Gasteiger partial charge in [-0.25, -0.2) is 9.37 Å². The third-order valence-corrected chi connectivity index (χ3v) is 6.37. The summed E-state index contributed by atoms with van der Waals surface area (Å²) in [6.45, 7) is 0. The summed E-state index contributed by atoms with van der Waals surface area (Å²) in [4.78, 5) is 18.2. The zero-order valence-corrected chi connectivity index (χ0v) is 16.9. The molecule has 1 aliphatic rings. The molecule has 30 heavy (non-hydrogen) atoms. The van der Waals surface area contributed by atoms with E-state index in [1.54, 1.807) is 12.1 Å². The Kier molecular flexibility index (Phi) is 5.79. The van der Waals surface area contributed by atoms with Gasteiger partial charge in [0.05, 0.1) is 16.3 Å². The Bertz CT molecular complexity index is 1130. The van der Waals surface area contributed by atoms with Crippen molar-refractivity contribution in [3.8, 4) is 11.4 Å². The van der Waals surface area contributed by atoms with Gasteiger partial charge >= 0.3 is 6.36 Å². The fourth-order valence-electron chi connectivity index (χ4n) is 2.99. The summed E-state index contributed by atoms with van der Waals surface area (Å²) in [5, 5.41) is 0.398. The maximum absolute atomic E-state index is 13.5. The first-order valence-corrected chi connectivity index (χ1v) is 10.8. The van der Waals surface area contributed by atoms with Gasteiger partial charge in [0.15, 0.2) is 5.16 Å². The van der Waals surface area contributed by atoms with Crippen molar-refractivity contribution in [2.24, 2.45) is 0 Å². The molecule has 4 nitrogen and oxygen atoms in total. The second-order valence-electron chi connectivity index (χ2n) is 6.37. The third-order valence-electron chi connectivity index (χ3n) is 4.25. The van der Waals surface area contributed by atoms with Gasteiger partial charge in [0, 0.05) is 17.9 Å². The summed E-state index contributed by atoms with van der Waals surface area (Å²) in [6, 6.07) is 11.2. The lowest BCUT2D eigenvalue weighted by molar-refractivity contribution is -0.274. The molecular formula is C20H14F4N2O2S2. The number of ether oxygens (including phenoxy) is 1. The fraction of sp³-hybridized carbons (Fsp3) is 0.200. The van der Waals surface area contributed by atoms with E-state index >= 15 is 0 Å². The predicted molar refractivity (Wildman–Crippen MR) is 107 cm³/mol. The summed E-state index contributed by atoms with van der Waals surface area (Å²) in [7, 11) is 0. The molecule has 0 saturated carbocycles. The van der Waals surface area contributed by atoms with Crippen LogP contribution in [0.15, 0.2) is 63.4 Å². The number of alkyl halides is 3. The Morgan fingerprint density at radius 3 is 2.63 bits per heavy atom. The summed E-state index contributed by atoms with van der Waals surface area (Å²) in [5.74, 6) is 0.389. The van der Waals surface area contributed by atoms with Crippen molar-refractivity contribution in [1.29, 1.82) is 0 Å². The van der Waals surface area contributed by atoms with Crippen molar-refractivity contribution in [3.05, 3.63) is 76.0 Å². The molecule has 0 aliphatic carbocycles. The Balaban J connectivity index is 1.70. The van der Waals surface area contributed by atoms with Crippen molar-refractivity contribution < 1.29 is 22.3 Å². The van der Waals surface area contributed by atoms with Crippen LogP contribution in [0.4, 0.5) is 17.6 Å². The predicted octanol–water partition coefficient (Wildman–Crippen LogP) is 5.21. The molecule has 0 atom stereocenters. The maximum Gasteiger partial charge on any atom is 0.573 e. The van der Waals surface area contributed by atoms with E-state index in [1.807, 2.05) is 0 Å². The number of aromatic nitrogens is 2. The number of rotatable bonds is 5. The van der Waals surface area contributed by atoms with Gasteiger partial charge in [0.2, 0.25) is 0 Å². The van der Waals surface area contributed by atoms with Crippen molar-refractivity contribution in [3.63, 3.8) is 0 Å². The molecule has 0 unspecified atom stereocenters. The molecule has 0 saturated heterocycles. The monoisotopic (exact) mass is 454 g/mol. The van der Waals surface area contributed by atoms with Crippen LogP contribution in [-0.4, -0.2) is 21.7 Å². The minimum absolute atomic E-state index is 0.270. The standard InChI is InChI=1S/C20H14F4N2O2S2/c21-13-3-1-2-12(10-13)11-30-19-25-16-8-9-29-17(16)18(27)26(19)14-4-6-15(7-5-14)28-20(22,23)24/h1-7,10H,8-9,11H2. The van der Waals surface area contributed by atoms with Crippen molar-refractivity contribution in [1.82, 2.24) is 9.55 Å². The molecule has 2 aromatic carbocycles. The van der Waals surface area contributed by atoms with Gasteiger partial charge in [-0.05, 0) is 42.0 Å². The zero-order chi connectivity index (χ0) is 21.3. The Labute approximate surface area is 177 Å². The smallest absolute Gasteiger partial charge is 0.406 e. The topological polar surface area (TPSA) is 44.1 Å². The second kappa shape index (κ2) is 8.35.